The van der Waals surface area contributed by atoms with E-state index in [0.29, 0.717) is 0 Å². The quantitative estimate of drug-likeness (QED) is 0.726. The van der Waals surface area contributed by atoms with E-state index in [0.717, 1.165) is 0 Å². The molecule has 21 heavy (non-hydrogen) atoms. The minimum atomic E-state index is -3.96. The highest BCUT2D eigenvalue weighted by Gasteiger charge is 2.19. The van der Waals surface area contributed by atoms with Crippen molar-refractivity contribution in [1.29, 1.82) is 0 Å². The van der Waals surface area contributed by atoms with E-state index in [2.05, 4.69) is 14.8 Å². The van der Waals surface area contributed by atoms with Crippen molar-refractivity contribution in [3.05, 3.63) is 28.2 Å². The van der Waals surface area contributed by atoms with Crippen molar-refractivity contribution >= 4 is 45.1 Å². The SMILES string of the molecule is COC(=O)CNC(=O)CNS(=O)(=O)c1ccc(Cl)cc1Cl. The van der Waals surface area contributed by atoms with Gasteiger partial charge in [0.1, 0.15) is 11.4 Å². The van der Waals surface area contributed by atoms with E-state index in [9.17, 15) is 18.0 Å². The molecule has 0 spiro atoms. The lowest BCUT2D eigenvalue weighted by Crippen LogP contribution is -2.39. The van der Waals surface area contributed by atoms with Gasteiger partial charge in [-0.1, -0.05) is 23.2 Å². The van der Waals surface area contributed by atoms with Gasteiger partial charge in [0.05, 0.1) is 18.7 Å². The monoisotopic (exact) mass is 354 g/mol. The number of sulfonamides is 1. The van der Waals surface area contributed by atoms with Crippen LogP contribution in [0.25, 0.3) is 0 Å². The van der Waals surface area contributed by atoms with Crippen LogP contribution in [0.4, 0.5) is 0 Å². The van der Waals surface area contributed by atoms with Crippen LogP contribution in [0.3, 0.4) is 0 Å². The van der Waals surface area contributed by atoms with Crippen LogP contribution in [0.15, 0.2) is 23.1 Å². The van der Waals surface area contributed by atoms with Gasteiger partial charge in [0.25, 0.3) is 0 Å². The van der Waals surface area contributed by atoms with Gasteiger partial charge >= 0.3 is 5.97 Å². The van der Waals surface area contributed by atoms with Gasteiger partial charge in [0, 0.05) is 5.02 Å². The standard InChI is InChI=1S/C11H12Cl2N2O5S/c1-20-11(17)6-14-10(16)5-15-21(18,19)9-3-2-7(12)4-8(9)13/h2-4,15H,5-6H2,1H3,(H,14,16). The molecular weight excluding hydrogens is 343 g/mol. The number of halogens is 2. The Morgan fingerprint density at radius 2 is 1.90 bits per heavy atom. The third-order valence-electron chi connectivity index (χ3n) is 2.26. The van der Waals surface area contributed by atoms with Crippen molar-refractivity contribution in [1.82, 2.24) is 10.0 Å². The van der Waals surface area contributed by atoms with Gasteiger partial charge in [-0.2, -0.15) is 0 Å². The Hall–Kier alpha value is -1.35. The van der Waals surface area contributed by atoms with Crippen LogP contribution >= 0.6 is 23.2 Å². The maximum atomic E-state index is 12.0. The van der Waals surface area contributed by atoms with Crippen LogP contribution in [-0.4, -0.2) is 40.5 Å². The van der Waals surface area contributed by atoms with Gasteiger partial charge < -0.3 is 10.1 Å². The van der Waals surface area contributed by atoms with Crippen molar-refractivity contribution in [2.45, 2.75) is 4.90 Å². The number of carbonyl (C=O) groups excluding carboxylic acids is 2. The number of ether oxygens (including phenoxy) is 1. The number of nitrogens with one attached hydrogen (secondary N) is 2. The molecule has 0 aliphatic rings. The zero-order chi connectivity index (χ0) is 16.0. The molecule has 0 saturated heterocycles. The third-order valence-corrected chi connectivity index (χ3v) is 4.38. The number of methoxy groups -OCH3 is 1. The predicted octanol–water partition coefficient (Wildman–Crippen LogP) is 0.561. The summed E-state index contributed by atoms with van der Waals surface area (Å²) < 4.78 is 30.3. The Balaban J connectivity index is 2.65. The molecule has 10 heteroatoms. The second-order valence-electron chi connectivity index (χ2n) is 3.75. The van der Waals surface area contributed by atoms with E-state index < -0.39 is 28.4 Å². The minimum absolute atomic E-state index is 0.0648. The molecule has 0 aliphatic carbocycles. The van der Waals surface area contributed by atoms with E-state index in [1.807, 2.05) is 0 Å². The highest BCUT2D eigenvalue weighted by atomic mass is 35.5. The molecule has 0 saturated carbocycles. The minimum Gasteiger partial charge on any atom is -0.468 e. The maximum absolute atomic E-state index is 12.0. The van der Waals surface area contributed by atoms with Crippen molar-refractivity contribution in [2.75, 3.05) is 20.2 Å². The Bertz CT molecular complexity index is 648. The number of benzene rings is 1. The number of amides is 1. The zero-order valence-electron chi connectivity index (χ0n) is 10.9. The van der Waals surface area contributed by atoms with Crippen LogP contribution < -0.4 is 10.0 Å². The van der Waals surface area contributed by atoms with Crippen LogP contribution in [0.2, 0.25) is 10.0 Å². The Labute approximate surface area is 131 Å². The molecule has 0 fully saturated rings. The topological polar surface area (TPSA) is 102 Å². The Morgan fingerprint density at radius 1 is 1.24 bits per heavy atom. The first-order valence-corrected chi connectivity index (χ1v) is 7.78. The van der Waals surface area contributed by atoms with Crippen molar-refractivity contribution in [3.63, 3.8) is 0 Å². The molecule has 0 radical (unpaired) electrons. The smallest absolute Gasteiger partial charge is 0.325 e. The van der Waals surface area contributed by atoms with Gasteiger partial charge in [-0.05, 0) is 18.2 Å². The number of rotatable bonds is 6. The largest absolute Gasteiger partial charge is 0.468 e. The van der Waals surface area contributed by atoms with E-state index in [4.69, 9.17) is 23.2 Å². The van der Waals surface area contributed by atoms with Gasteiger partial charge in [0.15, 0.2) is 0 Å². The molecule has 1 aromatic rings. The van der Waals surface area contributed by atoms with Crippen LogP contribution in [0.1, 0.15) is 0 Å². The molecule has 1 aromatic carbocycles. The lowest BCUT2D eigenvalue weighted by molar-refractivity contribution is -0.141. The summed E-state index contributed by atoms with van der Waals surface area (Å²) >= 11 is 11.5. The van der Waals surface area contributed by atoms with Crippen molar-refractivity contribution < 1.29 is 22.7 Å². The summed E-state index contributed by atoms with van der Waals surface area (Å²) in [5.74, 6) is -1.33. The molecular formula is C11H12Cl2N2O5S. The molecule has 7 nitrogen and oxygen atoms in total. The Kier molecular flexibility index (Phi) is 6.41. The molecule has 2 N–H and O–H groups in total. The van der Waals surface area contributed by atoms with E-state index in [1.54, 1.807) is 0 Å². The summed E-state index contributed by atoms with van der Waals surface area (Å²) in [5.41, 5.74) is 0. The fraction of sp³-hybridized carbons (Fsp3) is 0.273. The second kappa shape index (κ2) is 7.60. The van der Waals surface area contributed by atoms with Gasteiger partial charge in [-0.3, -0.25) is 9.59 Å². The lowest BCUT2D eigenvalue weighted by atomic mass is 10.4. The molecule has 1 amide bonds. The maximum Gasteiger partial charge on any atom is 0.325 e. The summed E-state index contributed by atoms with van der Waals surface area (Å²) in [4.78, 5) is 22.0. The van der Waals surface area contributed by atoms with Gasteiger partial charge in [-0.25, -0.2) is 13.1 Å². The lowest BCUT2D eigenvalue weighted by Gasteiger charge is -2.08. The third kappa shape index (κ3) is 5.50. The number of esters is 1. The van der Waals surface area contributed by atoms with Gasteiger partial charge in [0.2, 0.25) is 15.9 Å². The molecule has 116 valence electrons. The Morgan fingerprint density at radius 3 is 2.48 bits per heavy atom. The number of hydrogen-bond donors (Lipinski definition) is 2. The molecule has 0 aliphatic heterocycles. The van der Waals surface area contributed by atoms with Gasteiger partial charge in [-0.15, -0.1) is 0 Å². The summed E-state index contributed by atoms with van der Waals surface area (Å²) in [6.45, 7) is -0.892. The van der Waals surface area contributed by atoms with E-state index in [-0.39, 0.29) is 21.5 Å². The number of carbonyl (C=O) groups is 2. The van der Waals surface area contributed by atoms with Crippen molar-refractivity contribution in [3.8, 4) is 0 Å². The predicted molar refractivity (Wildman–Crippen MR) is 76.7 cm³/mol. The second-order valence-corrected chi connectivity index (χ2v) is 6.33. The molecule has 0 atom stereocenters. The first kappa shape index (κ1) is 17.7. The highest BCUT2D eigenvalue weighted by Crippen LogP contribution is 2.24. The zero-order valence-corrected chi connectivity index (χ0v) is 13.2. The molecule has 0 aromatic heterocycles. The van der Waals surface area contributed by atoms with Crippen LogP contribution in [-0.2, 0) is 24.3 Å². The van der Waals surface area contributed by atoms with Crippen molar-refractivity contribution in [2.24, 2.45) is 0 Å². The summed E-state index contributed by atoms with van der Waals surface area (Å²) in [5, 5.41) is 2.41. The summed E-state index contributed by atoms with van der Waals surface area (Å²) in [6.07, 6.45) is 0. The first-order chi connectivity index (χ1) is 9.76. The number of hydrogen-bond acceptors (Lipinski definition) is 5. The highest BCUT2D eigenvalue weighted by molar-refractivity contribution is 7.89. The fourth-order valence-electron chi connectivity index (χ4n) is 1.24. The molecule has 0 unspecified atom stereocenters. The molecule has 0 bridgehead atoms. The normalized spacial score (nSPS) is 11.0. The fourth-order valence-corrected chi connectivity index (χ4v) is 2.99. The average Bonchev–Trinajstić information content (AvgIpc) is 2.42. The van der Waals surface area contributed by atoms with E-state index >= 15 is 0 Å². The summed E-state index contributed by atoms with van der Waals surface area (Å²) in [7, 11) is -2.80. The summed E-state index contributed by atoms with van der Waals surface area (Å²) in [6, 6.07) is 3.85. The van der Waals surface area contributed by atoms with Crippen LogP contribution in [0, 0.1) is 0 Å². The molecule has 1 rings (SSSR count). The van der Waals surface area contributed by atoms with E-state index in [1.165, 1.54) is 25.3 Å². The first-order valence-electron chi connectivity index (χ1n) is 5.54. The molecule has 0 heterocycles. The average molecular weight is 355 g/mol. The van der Waals surface area contributed by atoms with Crippen LogP contribution in [0.5, 0.6) is 0 Å².